The fraction of sp³-hybridized carbons (Fsp3) is 0.281. The van der Waals surface area contributed by atoms with Gasteiger partial charge in [0, 0.05) is 6.04 Å². The van der Waals surface area contributed by atoms with Crippen molar-refractivity contribution in [1.29, 1.82) is 0 Å². The van der Waals surface area contributed by atoms with Gasteiger partial charge in [-0.2, -0.15) is 6.07 Å². The first kappa shape index (κ1) is 37.9. The molecule has 0 fully saturated rings. The van der Waals surface area contributed by atoms with E-state index in [-0.39, 0.29) is 39.7 Å². The molecule has 2 aliphatic rings. The maximum atomic E-state index is 3.52. The molecule has 1 aliphatic carbocycles. The van der Waals surface area contributed by atoms with Gasteiger partial charge in [0.25, 0.3) is 0 Å². The Labute approximate surface area is 255 Å². The summed E-state index contributed by atoms with van der Waals surface area (Å²) < 4.78 is 0. The number of aryl methyl sites for hydroxylation is 2. The van der Waals surface area contributed by atoms with Gasteiger partial charge in [0.15, 0.2) is 0 Å². The molecular weight excluding hydrogens is 589 g/mol. The Morgan fingerprint density at radius 3 is 2.11 bits per heavy atom. The van der Waals surface area contributed by atoms with E-state index in [0.29, 0.717) is 12.0 Å². The van der Waals surface area contributed by atoms with Crippen LogP contribution in [0.3, 0.4) is 0 Å². The van der Waals surface area contributed by atoms with Crippen LogP contribution in [0.15, 0.2) is 83.1 Å². The molecule has 37 heavy (non-hydrogen) atoms. The van der Waals surface area contributed by atoms with Gasteiger partial charge in [0.1, 0.15) is 0 Å². The minimum atomic E-state index is 0. The SMILES string of the molecule is CC1=C2[C-]=C(C(C)C)C=C2N(C)C1C.Cc1cc2c(-c3ccccc3)ccc(C)c2[cH-]1.Cl.Cl.[CH3-].[CH3-].[Si]=[Zr]. The van der Waals surface area contributed by atoms with Crippen LogP contribution in [-0.2, 0) is 23.3 Å². The number of halogens is 2. The summed E-state index contributed by atoms with van der Waals surface area (Å²) in [6.45, 7) is 16.3. The molecule has 1 heterocycles. The van der Waals surface area contributed by atoms with Gasteiger partial charge in [-0.3, -0.25) is 0 Å². The zero-order valence-electron chi connectivity index (χ0n) is 23.7. The van der Waals surface area contributed by atoms with Crippen molar-refractivity contribution in [2.24, 2.45) is 5.92 Å². The van der Waals surface area contributed by atoms with Gasteiger partial charge in [0.05, 0.1) is 0 Å². The summed E-state index contributed by atoms with van der Waals surface area (Å²) >= 11 is 1.36. The molecule has 2 radical (unpaired) electrons. The second-order valence-corrected chi connectivity index (χ2v) is 9.27. The van der Waals surface area contributed by atoms with Crippen molar-refractivity contribution in [1.82, 2.24) is 4.90 Å². The molecule has 0 N–H and O–H groups in total. The second-order valence-electron chi connectivity index (χ2n) is 9.27. The summed E-state index contributed by atoms with van der Waals surface area (Å²) in [5.41, 5.74) is 10.8. The van der Waals surface area contributed by atoms with Crippen molar-refractivity contribution in [3.63, 3.8) is 0 Å². The molecule has 5 heteroatoms. The quantitative estimate of drug-likeness (QED) is 0.202. The zero-order chi connectivity index (χ0) is 24.3. The van der Waals surface area contributed by atoms with E-state index in [0.717, 1.165) is 0 Å². The van der Waals surface area contributed by atoms with E-state index < -0.39 is 0 Å². The summed E-state index contributed by atoms with van der Waals surface area (Å²) in [5, 5.41) is 2.75. The molecule has 0 saturated heterocycles. The Bertz CT molecular complexity index is 1240. The zero-order valence-corrected chi connectivity index (χ0v) is 28.8. The summed E-state index contributed by atoms with van der Waals surface area (Å²) in [7, 11) is 2.16. The standard InChI is InChI=1S/C17H15.C13H18N.2CH3.2ClH.Si.Zr/c1-12-10-16-13(2)8-9-15(17(16)11-12)14-6-4-3-5-7-14;1-8(2)11-6-12-9(3)10(4)14(5)13(12)7-11;;;;;;/h3-11H,1-2H3;7-8,10H,1-5H3;2*1H3;2*1H;;/q4*-1;;;;. The molecule has 0 amide bonds. The predicted molar refractivity (Wildman–Crippen MR) is 167 cm³/mol. The van der Waals surface area contributed by atoms with Crippen LogP contribution < -0.4 is 0 Å². The third-order valence-electron chi connectivity index (χ3n) is 6.76. The van der Waals surface area contributed by atoms with E-state index in [4.69, 9.17) is 0 Å². The molecule has 0 saturated carbocycles. The number of hydrogen-bond acceptors (Lipinski definition) is 1. The molecule has 0 spiro atoms. The monoisotopic (exact) mass is 627 g/mol. The maximum absolute atomic E-state index is 3.52. The molecule has 1 nitrogen and oxygen atoms in total. The fourth-order valence-corrected chi connectivity index (χ4v) is 4.52. The van der Waals surface area contributed by atoms with Crippen LogP contribution in [0.5, 0.6) is 0 Å². The molecule has 200 valence electrons. The second kappa shape index (κ2) is 16.7. The fourth-order valence-electron chi connectivity index (χ4n) is 4.52. The van der Waals surface area contributed by atoms with Crippen LogP contribution in [0.1, 0.15) is 38.8 Å². The molecular formula is C32H41Cl2NSiZr-4. The van der Waals surface area contributed by atoms with Crippen LogP contribution in [0.4, 0.5) is 0 Å². The molecule has 0 aromatic heterocycles. The van der Waals surface area contributed by atoms with Crippen molar-refractivity contribution < 1.29 is 23.3 Å². The number of benzene rings is 2. The first-order chi connectivity index (χ1) is 15.8. The third kappa shape index (κ3) is 8.12. The van der Waals surface area contributed by atoms with Crippen LogP contribution in [0, 0.1) is 40.7 Å². The first-order valence-electron chi connectivity index (χ1n) is 11.5. The topological polar surface area (TPSA) is 3.24 Å². The number of nitrogens with zero attached hydrogens (tertiary/aromatic N) is 1. The molecule has 3 aromatic rings. The number of likely N-dealkylation sites (N-methyl/N-ethyl adjacent to an activating group) is 1. The first-order valence-corrected chi connectivity index (χ1v) is 15.7. The van der Waals surface area contributed by atoms with Crippen molar-refractivity contribution in [3.8, 4) is 11.1 Å². The molecule has 1 unspecified atom stereocenters. The number of fused-ring (bicyclic) bond motifs is 2. The van der Waals surface area contributed by atoms with E-state index in [1.807, 2.05) is 0 Å². The van der Waals surface area contributed by atoms with E-state index in [1.165, 1.54) is 78.8 Å². The molecule has 5 rings (SSSR count). The Balaban J connectivity index is 0. The molecule has 1 atom stereocenters. The van der Waals surface area contributed by atoms with Gasteiger partial charge in [0.2, 0.25) is 0 Å². The normalized spacial score (nSPS) is 14.9. The van der Waals surface area contributed by atoms with E-state index >= 15 is 0 Å². The van der Waals surface area contributed by atoms with E-state index in [2.05, 4.69) is 127 Å². The minimum absolute atomic E-state index is 0. The Morgan fingerprint density at radius 2 is 1.57 bits per heavy atom. The van der Waals surface area contributed by atoms with Crippen LogP contribution in [-0.4, -0.2) is 24.9 Å². The number of hydrogen-bond donors (Lipinski definition) is 0. The van der Waals surface area contributed by atoms with Gasteiger partial charge < -0.3 is 19.8 Å². The van der Waals surface area contributed by atoms with Crippen molar-refractivity contribution in [3.05, 3.63) is 115 Å². The summed E-state index contributed by atoms with van der Waals surface area (Å²) in [6, 6.07) is 20.1. The average Bonchev–Trinajstić information content (AvgIpc) is 3.49. The summed E-state index contributed by atoms with van der Waals surface area (Å²) in [5.74, 6) is 0.581. The van der Waals surface area contributed by atoms with E-state index in [9.17, 15) is 0 Å². The Morgan fingerprint density at radius 1 is 0.973 bits per heavy atom. The predicted octanol–water partition coefficient (Wildman–Crippen LogP) is 9.12. The van der Waals surface area contributed by atoms with Gasteiger partial charge in [-0.1, -0.05) is 82.3 Å². The van der Waals surface area contributed by atoms with Crippen LogP contribution >= 0.6 is 24.8 Å². The van der Waals surface area contributed by atoms with Gasteiger partial charge in [-0.05, 0) is 25.5 Å². The van der Waals surface area contributed by atoms with Crippen molar-refractivity contribution in [2.45, 2.75) is 47.6 Å². The van der Waals surface area contributed by atoms with Gasteiger partial charge in [-0.15, -0.1) is 87.7 Å². The van der Waals surface area contributed by atoms with Crippen molar-refractivity contribution >= 4 is 42.5 Å². The van der Waals surface area contributed by atoms with Crippen molar-refractivity contribution in [2.75, 3.05) is 7.05 Å². The molecule has 1 aliphatic heterocycles. The van der Waals surface area contributed by atoms with E-state index in [1.54, 1.807) is 0 Å². The summed E-state index contributed by atoms with van der Waals surface area (Å²) in [6.07, 6.45) is 5.81. The van der Waals surface area contributed by atoms with Gasteiger partial charge in [-0.25, -0.2) is 0 Å². The number of allylic oxidation sites excluding steroid dienone is 3. The molecule has 0 bridgehead atoms. The van der Waals surface area contributed by atoms with Crippen LogP contribution in [0.25, 0.3) is 21.9 Å². The average molecular weight is 630 g/mol. The van der Waals surface area contributed by atoms with Gasteiger partial charge >= 0.3 is 30.2 Å². The Hall–Kier alpha value is -1.25. The van der Waals surface area contributed by atoms with Crippen LogP contribution in [0.2, 0.25) is 0 Å². The Kier molecular flexibility index (Phi) is 17.1. The third-order valence-corrected chi connectivity index (χ3v) is 6.76. The number of rotatable bonds is 2. The molecule has 3 aromatic carbocycles. The summed E-state index contributed by atoms with van der Waals surface area (Å²) in [4.78, 5) is 2.34.